The number of aromatic nitrogens is 1. The lowest BCUT2D eigenvalue weighted by Gasteiger charge is -2.38. The van der Waals surface area contributed by atoms with Crippen LogP contribution in [0.25, 0.3) is 0 Å². The average Bonchev–Trinajstić information content (AvgIpc) is 2.68. The predicted molar refractivity (Wildman–Crippen MR) is 76.1 cm³/mol. The highest BCUT2D eigenvalue weighted by Gasteiger charge is 2.42. The molecule has 1 N–H and O–H groups in total. The highest BCUT2D eigenvalue weighted by atomic mass is 32.1. The van der Waals surface area contributed by atoms with Crippen molar-refractivity contribution in [2.24, 2.45) is 0 Å². The first-order valence-electron chi connectivity index (χ1n) is 6.89. The zero-order chi connectivity index (χ0) is 13.2. The third-order valence-electron chi connectivity index (χ3n) is 3.87. The fraction of sp³-hybridized carbons (Fsp3) is 0.786. The van der Waals surface area contributed by atoms with Crippen LogP contribution in [-0.2, 0) is 10.3 Å². The van der Waals surface area contributed by atoms with E-state index in [4.69, 9.17) is 9.72 Å². The third-order valence-corrected chi connectivity index (χ3v) is 5.39. The lowest BCUT2D eigenvalue weighted by atomic mass is 9.80. The zero-order valence-corrected chi connectivity index (χ0v) is 12.7. The number of methoxy groups -OCH3 is 1. The molecule has 1 heterocycles. The summed E-state index contributed by atoms with van der Waals surface area (Å²) in [5.41, 5.74) is 1.09. The molecule has 1 aliphatic carbocycles. The Bertz CT molecular complexity index is 393. The van der Waals surface area contributed by atoms with Crippen LogP contribution in [0.4, 0.5) is 0 Å². The molecule has 18 heavy (non-hydrogen) atoms. The van der Waals surface area contributed by atoms with Gasteiger partial charge in [0.1, 0.15) is 10.6 Å². The van der Waals surface area contributed by atoms with Gasteiger partial charge in [-0.3, -0.25) is 0 Å². The molecule has 1 atom stereocenters. The fourth-order valence-electron chi connectivity index (χ4n) is 2.46. The zero-order valence-electron chi connectivity index (χ0n) is 11.9. The van der Waals surface area contributed by atoms with E-state index in [0.717, 1.165) is 31.5 Å². The van der Waals surface area contributed by atoms with E-state index < -0.39 is 0 Å². The quantitative estimate of drug-likeness (QED) is 0.857. The molecule has 2 rings (SSSR count). The summed E-state index contributed by atoms with van der Waals surface area (Å²) in [5, 5.41) is 4.71. The number of nitrogens with zero attached hydrogens (tertiary/aromatic N) is 1. The molecule has 3 nitrogen and oxygen atoms in total. The fourth-order valence-corrected chi connectivity index (χ4v) is 3.78. The minimum atomic E-state index is -0.0713. The molecule has 1 fully saturated rings. The van der Waals surface area contributed by atoms with Crippen LogP contribution in [0.1, 0.15) is 61.2 Å². The highest BCUT2D eigenvalue weighted by Crippen LogP contribution is 2.46. The van der Waals surface area contributed by atoms with Crippen molar-refractivity contribution >= 4 is 11.3 Å². The van der Waals surface area contributed by atoms with Gasteiger partial charge in [0, 0.05) is 18.0 Å². The maximum absolute atomic E-state index is 5.72. The first-order chi connectivity index (χ1) is 8.63. The van der Waals surface area contributed by atoms with Crippen molar-refractivity contribution < 1.29 is 4.74 Å². The Morgan fingerprint density at radius 3 is 2.72 bits per heavy atom. The van der Waals surface area contributed by atoms with Crippen LogP contribution >= 0.6 is 11.3 Å². The van der Waals surface area contributed by atoms with Crippen molar-refractivity contribution in [1.82, 2.24) is 10.3 Å². The molecule has 0 saturated heterocycles. The van der Waals surface area contributed by atoms with Crippen molar-refractivity contribution in [1.29, 1.82) is 0 Å². The SMILES string of the molecule is CCCNC(C)c1sc(C2(OC)CCC2)nc1C. The Balaban J connectivity index is 2.16. The number of nitrogens with one attached hydrogen (secondary N) is 1. The summed E-state index contributed by atoms with van der Waals surface area (Å²) in [5.74, 6) is 0. The first-order valence-corrected chi connectivity index (χ1v) is 7.71. The molecule has 0 aliphatic heterocycles. The van der Waals surface area contributed by atoms with E-state index in [0.29, 0.717) is 6.04 Å². The van der Waals surface area contributed by atoms with Crippen LogP contribution in [-0.4, -0.2) is 18.6 Å². The van der Waals surface area contributed by atoms with Gasteiger partial charge in [0.05, 0.1) is 5.69 Å². The molecule has 0 spiro atoms. The maximum atomic E-state index is 5.72. The van der Waals surface area contributed by atoms with Gasteiger partial charge in [-0.2, -0.15) is 0 Å². The number of hydrogen-bond donors (Lipinski definition) is 1. The van der Waals surface area contributed by atoms with E-state index in [1.165, 1.54) is 16.3 Å². The van der Waals surface area contributed by atoms with Crippen LogP contribution in [0.5, 0.6) is 0 Å². The summed E-state index contributed by atoms with van der Waals surface area (Å²) in [6.45, 7) is 7.59. The van der Waals surface area contributed by atoms with Crippen molar-refractivity contribution in [3.63, 3.8) is 0 Å². The van der Waals surface area contributed by atoms with Gasteiger partial charge in [-0.05, 0) is 46.1 Å². The van der Waals surface area contributed by atoms with Gasteiger partial charge >= 0.3 is 0 Å². The molecule has 0 aromatic carbocycles. The van der Waals surface area contributed by atoms with Crippen molar-refractivity contribution in [2.45, 2.75) is 58.1 Å². The second-order valence-corrected chi connectivity index (χ2v) is 6.23. The van der Waals surface area contributed by atoms with E-state index >= 15 is 0 Å². The highest BCUT2D eigenvalue weighted by molar-refractivity contribution is 7.12. The van der Waals surface area contributed by atoms with Gasteiger partial charge in [0.15, 0.2) is 0 Å². The van der Waals surface area contributed by atoms with E-state index in [-0.39, 0.29) is 5.60 Å². The largest absolute Gasteiger partial charge is 0.371 e. The van der Waals surface area contributed by atoms with Crippen LogP contribution < -0.4 is 5.32 Å². The second-order valence-electron chi connectivity index (χ2n) is 5.20. The lowest BCUT2D eigenvalue weighted by molar-refractivity contribution is -0.0780. The summed E-state index contributed by atoms with van der Waals surface area (Å²) in [7, 11) is 1.81. The summed E-state index contributed by atoms with van der Waals surface area (Å²) in [6.07, 6.45) is 4.65. The number of hydrogen-bond acceptors (Lipinski definition) is 4. The van der Waals surface area contributed by atoms with Crippen molar-refractivity contribution in [3.8, 4) is 0 Å². The summed E-state index contributed by atoms with van der Waals surface area (Å²) in [6, 6.07) is 0.394. The Hall–Kier alpha value is -0.450. The van der Waals surface area contributed by atoms with E-state index in [1.54, 1.807) is 0 Å². The number of ether oxygens (including phenoxy) is 1. The van der Waals surface area contributed by atoms with Crippen molar-refractivity contribution in [3.05, 3.63) is 15.6 Å². The van der Waals surface area contributed by atoms with Crippen LogP contribution in [0.15, 0.2) is 0 Å². The lowest BCUT2D eigenvalue weighted by Crippen LogP contribution is -2.35. The Morgan fingerprint density at radius 2 is 2.22 bits per heavy atom. The summed E-state index contributed by atoms with van der Waals surface area (Å²) < 4.78 is 5.72. The molecule has 0 radical (unpaired) electrons. The Morgan fingerprint density at radius 1 is 1.50 bits per heavy atom. The molecule has 4 heteroatoms. The minimum absolute atomic E-state index is 0.0713. The van der Waals surface area contributed by atoms with Gasteiger partial charge in [0.2, 0.25) is 0 Å². The molecule has 1 aromatic rings. The molecule has 1 saturated carbocycles. The minimum Gasteiger partial charge on any atom is -0.371 e. The molecule has 1 unspecified atom stereocenters. The molecule has 0 amide bonds. The number of thiazole rings is 1. The second kappa shape index (κ2) is 5.68. The van der Waals surface area contributed by atoms with Gasteiger partial charge in [-0.25, -0.2) is 4.98 Å². The van der Waals surface area contributed by atoms with Crippen LogP contribution in [0.2, 0.25) is 0 Å². The maximum Gasteiger partial charge on any atom is 0.125 e. The topological polar surface area (TPSA) is 34.1 Å². The number of rotatable bonds is 6. The Labute approximate surface area is 114 Å². The van der Waals surface area contributed by atoms with E-state index in [9.17, 15) is 0 Å². The molecule has 102 valence electrons. The summed E-state index contributed by atoms with van der Waals surface area (Å²) in [4.78, 5) is 6.12. The van der Waals surface area contributed by atoms with E-state index in [1.807, 2.05) is 18.4 Å². The smallest absolute Gasteiger partial charge is 0.125 e. The van der Waals surface area contributed by atoms with Crippen LogP contribution in [0.3, 0.4) is 0 Å². The van der Waals surface area contributed by atoms with Gasteiger partial charge in [0.25, 0.3) is 0 Å². The van der Waals surface area contributed by atoms with Gasteiger partial charge in [-0.1, -0.05) is 6.92 Å². The molecular weight excluding hydrogens is 244 g/mol. The predicted octanol–water partition coefficient (Wildman–Crippen LogP) is 3.54. The molecule has 1 aromatic heterocycles. The normalized spacial score (nSPS) is 19.6. The summed E-state index contributed by atoms with van der Waals surface area (Å²) >= 11 is 1.83. The van der Waals surface area contributed by atoms with E-state index in [2.05, 4.69) is 26.1 Å². The van der Waals surface area contributed by atoms with Crippen LogP contribution in [0, 0.1) is 6.92 Å². The number of aryl methyl sites for hydroxylation is 1. The molecule has 0 bridgehead atoms. The van der Waals surface area contributed by atoms with Crippen molar-refractivity contribution in [2.75, 3.05) is 13.7 Å². The first kappa shape index (κ1) is 14.0. The van der Waals surface area contributed by atoms with Gasteiger partial charge in [-0.15, -0.1) is 11.3 Å². The van der Waals surface area contributed by atoms with Gasteiger partial charge < -0.3 is 10.1 Å². The third kappa shape index (κ3) is 2.46. The average molecular weight is 268 g/mol. The Kier molecular flexibility index (Phi) is 4.41. The standard InChI is InChI=1S/C14H24N2OS/c1-5-9-15-10(2)12-11(3)16-13(18-12)14(17-4)7-6-8-14/h10,15H,5-9H2,1-4H3. The molecular formula is C14H24N2OS. The molecule has 1 aliphatic rings. The monoisotopic (exact) mass is 268 g/mol.